The van der Waals surface area contributed by atoms with E-state index < -0.39 is 0 Å². The minimum atomic E-state index is 0.594. The molecule has 0 aromatic heterocycles. The maximum atomic E-state index is 3.62. The van der Waals surface area contributed by atoms with Gasteiger partial charge in [0.15, 0.2) is 0 Å². The molecule has 1 N–H and O–H groups in total. The largest absolute Gasteiger partial charge is 0.313 e. The van der Waals surface area contributed by atoms with E-state index in [1.54, 1.807) is 0 Å². The topological polar surface area (TPSA) is 15.3 Å². The highest BCUT2D eigenvalue weighted by Crippen LogP contribution is 2.28. The summed E-state index contributed by atoms with van der Waals surface area (Å²) in [6.07, 6.45) is 2.77. The molecule has 1 aliphatic heterocycles. The van der Waals surface area contributed by atoms with Gasteiger partial charge in [0.1, 0.15) is 0 Å². The van der Waals surface area contributed by atoms with Crippen molar-refractivity contribution in [1.29, 1.82) is 0 Å². The Morgan fingerprint density at radius 1 is 1.12 bits per heavy atom. The zero-order chi connectivity index (χ0) is 13.0. The molecular formula is C15H32N2. The summed E-state index contributed by atoms with van der Waals surface area (Å²) in [5, 5.41) is 3.62. The van der Waals surface area contributed by atoms with E-state index in [4.69, 9.17) is 0 Å². The lowest BCUT2D eigenvalue weighted by Crippen LogP contribution is -2.50. The first-order valence-corrected chi connectivity index (χ1v) is 7.42. The van der Waals surface area contributed by atoms with Crippen LogP contribution in [-0.2, 0) is 0 Å². The summed E-state index contributed by atoms with van der Waals surface area (Å²) in [6.45, 7) is 16.4. The number of nitrogens with one attached hydrogen (secondary N) is 1. The second kappa shape index (κ2) is 6.75. The third kappa shape index (κ3) is 4.26. The van der Waals surface area contributed by atoms with Gasteiger partial charge in [-0.3, -0.25) is 4.90 Å². The molecule has 0 amide bonds. The zero-order valence-corrected chi connectivity index (χ0v) is 12.7. The first kappa shape index (κ1) is 15.0. The smallest absolute Gasteiger partial charge is 0.0246 e. The first-order valence-electron chi connectivity index (χ1n) is 7.42. The molecule has 1 saturated heterocycles. The molecule has 102 valence electrons. The molecule has 17 heavy (non-hydrogen) atoms. The summed E-state index contributed by atoms with van der Waals surface area (Å²) in [6, 6.07) is 2.10. The highest BCUT2D eigenvalue weighted by molar-refractivity contribution is 4.89. The van der Waals surface area contributed by atoms with Crippen LogP contribution in [0.3, 0.4) is 0 Å². The van der Waals surface area contributed by atoms with Gasteiger partial charge in [-0.2, -0.15) is 0 Å². The Bertz CT molecular complexity index is 211. The number of nitrogens with zero attached hydrogens (tertiary/aromatic N) is 1. The van der Waals surface area contributed by atoms with E-state index in [0.717, 1.165) is 24.4 Å². The molecular weight excluding hydrogens is 208 g/mol. The number of hydrogen-bond acceptors (Lipinski definition) is 2. The van der Waals surface area contributed by atoms with Crippen molar-refractivity contribution in [3.63, 3.8) is 0 Å². The van der Waals surface area contributed by atoms with Gasteiger partial charge in [-0.15, -0.1) is 0 Å². The fraction of sp³-hybridized carbons (Fsp3) is 1.00. The van der Waals surface area contributed by atoms with Crippen molar-refractivity contribution in [2.45, 2.75) is 72.5 Å². The summed E-state index contributed by atoms with van der Waals surface area (Å²) in [7, 11) is 0. The molecule has 0 spiro atoms. The monoisotopic (exact) mass is 240 g/mol. The average Bonchev–Trinajstić information content (AvgIpc) is 2.65. The van der Waals surface area contributed by atoms with Crippen LogP contribution in [0.2, 0.25) is 0 Å². The molecule has 0 bridgehead atoms. The molecule has 0 aromatic rings. The van der Waals surface area contributed by atoms with E-state index in [1.807, 2.05) is 0 Å². The van der Waals surface area contributed by atoms with Crippen molar-refractivity contribution in [2.75, 3.05) is 13.1 Å². The lowest BCUT2D eigenvalue weighted by atomic mass is 9.96. The Balaban J connectivity index is 2.62. The van der Waals surface area contributed by atoms with Crippen molar-refractivity contribution in [1.82, 2.24) is 10.2 Å². The molecule has 0 aromatic carbocycles. The molecule has 0 radical (unpaired) electrons. The van der Waals surface area contributed by atoms with Gasteiger partial charge in [0, 0.05) is 24.7 Å². The maximum Gasteiger partial charge on any atom is 0.0246 e. The number of likely N-dealkylation sites (tertiary alicyclic amines) is 1. The van der Waals surface area contributed by atoms with Gasteiger partial charge in [0.25, 0.3) is 0 Å². The Labute approximate surface area is 108 Å². The van der Waals surface area contributed by atoms with Crippen LogP contribution in [0.1, 0.15) is 54.4 Å². The van der Waals surface area contributed by atoms with Crippen LogP contribution >= 0.6 is 0 Å². The van der Waals surface area contributed by atoms with E-state index in [1.165, 1.54) is 19.4 Å². The summed E-state index contributed by atoms with van der Waals surface area (Å²) >= 11 is 0. The van der Waals surface area contributed by atoms with E-state index in [9.17, 15) is 0 Å². The van der Waals surface area contributed by atoms with Crippen LogP contribution in [-0.4, -0.2) is 36.1 Å². The van der Waals surface area contributed by atoms with Crippen LogP contribution < -0.4 is 5.32 Å². The summed E-state index contributed by atoms with van der Waals surface area (Å²) < 4.78 is 0. The molecule has 2 heteroatoms. The van der Waals surface area contributed by atoms with E-state index >= 15 is 0 Å². The molecule has 2 nitrogen and oxygen atoms in total. The highest BCUT2D eigenvalue weighted by atomic mass is 15.2. The lowest BCUT2D eigenvalue weighted by molar-refractivity contribution is 0.110. The molecule has 0 aliphatic carbocycles. The van der Waals surface area contributed by atoms with E-state index in [2.05, 4.69) is 51.8 Å². The predicted molar refractivity (Wildman–Crippen MR) is 76.3 cm³/mol. The van der Waals surface area contributed by atoms with Gasteiger partial charge < -0.3 is 5.32 Å². The Kier molecular flexibility index (Phi) is 5.94. The van der Waals surface area contributed by atoms with Crippen LogP contribution in [0, 0.1) is 11.8 Å². The quantitative estimate of drug-likeness (QED) is 0.767. The number of hydrogen-bond donors (Lipinski definition) is 1. The summed E-state index contributed by atoms with van der Waals surface area (Å²) in [4.78, 5) is 2.77. The molecule has 1 fully saturated rings. The molecule has 2 atom stereocenters. The van der Waals surface area contributed by atoms with Crippen LogP contribution in [0.5, 0.6) is 0 Å². The predicted octanol–water partition coefficient (Wildman–Crippen LogP) is 3.13. The normalized spacial score (nSPS) is 24.2. The van der Waals surface area contributed by atoms with Gasteiger partial charge in [0.05, 0.1) is 0 Å². The zero-order valence-electron chi connectivity index (χ0n) is 12.7. The minimum Gasteiger partial charge on any atom is -0.313 e. The van der Waals surface area contributed by atoms with Crippen LogP contribution in [0.25, 0.3) is 0 Å². The molecule has 1 aliphatic rings. The highest BCUT2D eigenvalue weighted by Gasteiger charge is 2.33. The SMILES string of the molecule is CC(C)NCC(C(C)C)N1CCCC1C(C)C. The van der Waals surface area contributed by atoms with Gasteiger partial charge in [-0.1, -0.05) is 41.5 Å². The Morgan fingerprint density at radius 3 is 2.24 bits per heavy atom. The lowest BCUT2D eigenvalue weighted by Gasteiger charge is -2.38. The van der Waals surface area contributed by atoms with Gasteiger partial charge in [-0.05, 0) is 31.2 Å². The Hall–Kier alpha value is -0.0800. The Morgan fingerprint density at radius 2 is 1.76 bits per heavy atom. The van der Waals surface area contributed by atoms with Crippen molar-refractivity contribution in [3.05, 3.63) is 0 Å². The summed E-state index contributed by atoms with van der Waals surface area (Å²) in [5.74, 6) is 1.53. The van der Waals surface area contributed by atoms with Gasteiger partial charge >= 0.3 is 0 Å². The van der Waals surface area contributed by atoms with Gasteiger partial charge in [-0.25, -0.2) is 0 Å². The molecule has 2 unspecified atom stereocenters. The molecule has 0 saturated carbocycles. The standard InChI is InChI=1S/C15H32N2/c1-11(2)14-8-7-9-17(14)15(12(3)4)10-16-13(5)6/h11-16H,7-10H2,1-6H3. The van der Waals surface area contributed by atoms with E-state index in [-0.39, 0.29) is 0 Å². The molecule has 1 heterocycles. The third-order valence-corrected chi connectivity index (χ3v) is 4.04. The fourth-order valence-corrected chi connectivity index (χ4v) is 3.04. The third-order valence-electron chi connectivity index (χ3n) is 4.04. The summed E-state index contributed by atoms with van der Waals surface area (Å²) in [5.41, 5.74) is 0. The van der Waals surface area contributed by atoms with E-state index in [0.29, 0.717) is 12.1 Å². The second-order valence-electron chi connectivity index (χ2n) is 6.57. The molecule has 1 rings (SSSR count). The van der Waals surface area contributed by atoms with Gasteiger partial charge in [0.2, 0.25) is 0 Å². The van der Waals surface area contributed by atoms with Crippen molar-refractivity contribution < 1.29 is 0 Å². The second-order valence-corrected chi connectivity index (χ2v) is 6.57. The maximum absolute atomic E-state index is 3.62. The van der Waals surface area contributed by atoms with Crippen LogP contribution in [0.4, 0.5) is 0 Å². The average molecular weight is 240 g/mol. The first-order chi connectivity index (χ1) is 7.93. The van der Waals surface area contributed by atoms with Crippen molar-refractivity contribution in [3.8, 4) is 0 Å². The fourth-order valence-electron chi connectivity index (χ4n) is 3.04. The minimum absolute atomic E-state index is 0.594. The van der Waals surface area contributed by atoms with Crippen molar-refractivity contribution in [2.24, 2.45) is 11.8 Å². The van der Waals surface area contributed by atoms with Crippen LogP contribution in [0.15, 0.2) is 0 Å². The van der Waals surface area contributed by atoms with Crippen molar-refractivity contribution >= 4 is 0 Å². The number of rotatable bonds is 6.